The Balaban J connectivity index is 1.81. The van der Waals surface area contributed by atoms with Crippen LogP contribution in [0.4, 0.5) is 0 Å². The molecular formula is C20H28O2. The standard InChI is InChI=1S/C20H28O2/c1-3-20-11-8-13-12-14(21)4-5-15(13)16(20)9-10-19(2)17(20)6-7-18(19)22/h4-5,12,16-18,21-22H,3,6-11H2,1-2H3/t16-,17+,18-,19-,20+/m0/s1. The molecule has 2 fully saturated rings. The normalized spacial score (nSPS) is 43.3. The summed E-state index contributed by atoms with van der Waals surface area (Å²) in [6, 6.07) is 6.01. The van der Waals surface area contributed by atoms with E-state index in [0.717, 1.165) is 19.3 Å². The van der Waals surface area contributed by atoms with Gasteiger partial charge < -0.3 is 10.2 Å². The van der Waals surface area contributed by atoms with E-state index >= 15 is 0 Å². The summed E-state index contributed by atoms with van der Waals surface area (Å²) in [5.41, 5.74) is 3.32. The van der Waals surface area contributed by atoms with Crippen molar-refractivity contribution in [3.63, 3.8) is 0 Å². The summed E-state index contributed by atoms with van der Waals surface area (Å²) in [7, 11) is 0. The number of phenolic OH excluding ortho intramolecular Hbond substituents is 1. The Hall–Kier alpha value is -1.02. The lowest BCUT2D eigenvalue weighted by molar-refractivity contribution is -0.0775. The average molecular weight is 300 g/mol. The number of aliphatic hydroxyl groups excluding tert-OH is 1. The number of hydrogen-bond acceptors (Lipinski definition) is 2. The summed E-state index contributed by atoms with van der Waals surface area (Å²) < 4.78 is 0. The van der Waals surface area contributed by atoms with Gasteiger partial charge in [0.15, 0.2) is 0 Å². The Morgan fingerprint density at radius 1 is 1.18 bits per heavy atom. The number of aromatic hydroxyl groups is 1. The minimum atomic E-state index is -0.108. The van der Waals surface area contributed by atoms with Crippen LogP contribution in [0.25, 0.3) is 0 Å². The van der Waals surface area contributed by atoms with Gasteiger partial charge in [-0.25, -0.2) is 0 Å². The second-order valence-corrected chi connectivity index (χ2v) is 8.21. The second kappa shape index (κ2) is 4.74. The second-order valence-electron chi connectivity index (χ2n) is 8.21. The van der Waals surface area contributed by atoms with Crippen LogP contribution in [0, 0.1) is 16.7 Å². The maximum Gasteiger partial charge on any atom is 0.115 e. The van der Waals surface area contributed by atoms with Gasteiger partial charge in [-0.1, -0.05) is 19.9 Å². The molecule has 2 saturated carbocycles. The molecule has 3 aliphatic rings. The summed E-state index contributed by atoms with van der Waals surface area (Å²) in [5.74, 6) is 1.67. The third kappa shape index (κ3) is 1.71. The molecule has 0 unspecified atom stereocenters. The third-order valence-electron chi connectivity index (χ3n) is 7.67. The quantitative estimate of drug-likeness (QED) is 0.807. The number of aryl methyl sites for hydroxylation is 1. The van der Waals surface area contributed by atoms with Crippen molar-refractivity contribution in [3.8, 4) is 5.75 Å². The van der Waals surface area contributed by atoms with Crippen LogP contribution in [0.5, 0.6) is 5.75 Å². The van der Waals surface area contributed by atoms with Gasteiger partial charge in [-0.2, -0.15) is 0 Å². The minimum Gasteiger partial charge on any atom is -0.508 e. The first-order valence-electron chi connectivity index (χ1n) is 9.01. The number of hydrogen-bond donors (Lipinski definition) is 2. The Morgan fingerprint density at radius 3 is 2.77 bits per heavy atom. The van der Waals surface area contributed by atoms with Crippen molar-refractivity contribution in [2.24, 2.45) is 16.7 Å². The predicted molar refractivity (Wildman–Crippen MR) is 88.0 cm³/mol. The Labute approximate surface area is 133 Å². The van der Waals surface area contributed by atoms with Gasteiger partial charge in [0.1, 0.15) is 5.75 Å². The molecule has 0 amide bonds. The smallest absolute Gasteiger partial charge is 0.115 e. The van der Waals surface area contributed by atoms with E-state index < -0.39 is 0 Å². The molecule has 0 aliphatic heterocycles. The fourth-order valence-corrected chi connectivity index (χ4v) is 6.49. The van der Waals surface area contributed by atoms with Crippen LogP contribution in [0.3, 0.4) is 0 Å². The molecule has 4 rings (SSSR count). The van der Waals surface area contributed by atoms with E-state index in [-0.39, 0.29) is 11.5 Å². The van der Waals surface area contributed by atoms with Gasteiger partial charge >= 0.3 is 0 Å². The lowest BCUT2D eigenvalue weighted by Gasteiger charge is -2.58. The Bertz CT molecular complexity index is 595. The SMILES string of the molecule is CC[C@@]12CCc3cc(O)ccc3[C@@H]1CC[C@@]1(C)[C@H]2CC[C@@H]1O. The van der Waals surface area contributed by atoms with E-state index in [1.165, 1.54) is 36.8 Å². The molecule has 0 aromatic heterocycles. The van der Waals surface area contributed by atoms with E-state index in [0.29, 0.717) is 23.0 Å². The Morgan fingerprint density at radius 2 is 2.00 bits per heavy atom. The molecule has 120 valence electrons. The first kappa shape index (κ1) is 14.6. The number of aliphatic hydroxyl groups is 1. The van der Waals surface area contributed by atoms with Gasteiger partial charge in [-0.3, -0.25) is 0 Å². The predicted octanol–water partition coefficient (Wildman–Crippen LogP) is 4.39. The zero-order valence-corrected chi connectivity index (χ0v) is 13.8. The van der Waals surface area contributed by atoms with Crippen molar-refractivity contribution in [1.82, 2.24) is 0 Å². The number of phenols is 1. The fourth-order valence-electron chi connectivity index (χ4n) is 6.49. The molecule has 5 atom stereocenters. The van der Waals surface area contributed by atoms with Gasteiger partial charge in [-0.15, -0.1) is 0 Å². The lowest BCUT2D eigenvalue weighted by atomic mass is 9.46. The zero-order chi connectivity index (χ0) is 15.5. The highest BCUT2D eigenvalue weighted by molar-refractivity contribution is 5.41. The van der Waals surface area contributed by atoms with Gasteiger partial charge in [0, 0.05) is 0 Å². The number of benzene rings is 1. The molecule has 0 radical (unpaired) electrons. The molecule has 0 spiro atoms. The summed E-state index contributed by atoms with van der Waals surface area (Å²) >= 11 is 0. The highest BCUT2D eigenvalue weighted by Crippen LogP contribution is 2.68. The van der Waals surface area contributed by atoms with Crippen molar-refractivity contribution in [2.45, 2.75) is 70.8 Å². The van der Waals surface area contributed by atoms with E-state index in [2.05, 4.69) is 19.9 Å². The van der Waals surface area contributed by atoms with Crippen molar-refractivity contribution in [1.29, 1.82) is 0 Å². The van der Waals surface area contributed by atoms with E-state index in [4.69, 9.17) is 0 Å². The summed E-state index contributed by atoms with van der Waals surface area (Å²) in [4.78, 5) is 0. The first-order valence-corrected chi connectivity index (χ1v) is 9.01. The zero-order valence-electron chi connectivity index (χ0n) is 13.8. The molecule has 2 nitrogen and oxygen atoms in total. The van der Waals surface area contributed by atoms with Gasteiger partial charge in [0.25, 0.3) is 0 Å². The molecule has 1 aromatic rings. The summed E-state index contributed by atoms with van der Waals surface area (Å²) in [5, 5.41) is 20.4. The topological polar surface area (TPSA) is 40.5 Å². The van der Waals surface area contributed by atoms with E-state index in [9.17, 15) is 10.2 Å². The molecule has 2 heteroatoms. The monoisotopic (exact) mass is 300 g/mol. The summed E-state index contributed by atoms with van der Waals surface area (Å²) in [6.45, 7) is 4.70. The van der Waals surface area contributed by atoms with Gasteiger partial charge in [-0.05, 0) is 90.9 Å². The van der Waals surface area contributed by atoms with E-state index in [1.807, 2.05) is 12.1 Å². The van der Waals surface area contributed by atoms with Crippen molar-refractivity contribution in [2.75, 3.05) is 0 Å². The number of fused-ring (bicyclic) bond motifs is 5. The minimum absolute atomic E-state index is 0.108. The molecule has 22 heavy (non-hydrogen) atoms. The highest BCUT2D eigenvalue weighted by Gasteiger charge is 2.60. The van der Waals surface area contributed by atoms with Gasteiger partial charge in [0.05, 0.1) is 6.10 Å². The van der Waals surface area contributed by atoms with Crippen LogP contribution >= 0.6 is 0 Å². The molecule has 1 aromatic carbocycles. The summed E-state index contributed by atoms with van der Waals surface area (Å²) in [6.07, 6.45) is 7.91. The molecular weight excluding hydrogens is 272 g/mol. The van der Waals surface area contributed by atoms with Crippen LogP contribution in [0.15, 0.2) is 18.2 Å². The first-order chi connectivity index (χ1) is 10.5. The third-order valence-corrected chi connectivity index (χ3v) is 7.67. The Kier molecular flexibility index (Phi) is 3.14. The number of rotatable bonds is 1. The van der Waals surface area contributed by atoms with E-state index in [1.54, 1.807) is 0 Å². The van der Waals surface area contributed by atoms with Crippen molar-refractivity contribution in [3.05, 3.63) is 29.3 Å². The molecule has 0 bridgehead atoms. The molecule has 0 heterocycles. The molecule has 2 N–H and O–H groups in total. The van der Waals surface area contributed by atoms with Crippen molar-refractivity contribution >= 4 is 0 Å². The average Bonchev–Trinajstić information content (AvgIpc) is 2.82. The van der Waals surface area contributed by atoms with Gasteiger partial charge in [0.2, 0.25) is 0 Å². The van der Waals surface area contributed by atoms with Crippen molar-refractivity contribution < 1.29 is 10.2 Å². The largest absolute Gasteiger partial charge is 0.508 e. The molecule has 0 saturated heterocycles. The van der Waals surface area contributed by atoms with Crippen LogP contribution in [0.1, 0.15) is 69.4 Å². The fraction of sp³-hybridized carbons (Fsp3) is 0.700. The highest BCUT2D eigenvalue weighted by atomic mass is 16.3. The maximum atomic E-state index is 10.6. The van der Waals surface area contributed by atoms with Crippen LogP contribution in [-0.4, -0.2) is 16.3 Å². The van der Waals surface area contributed by atoms with Crippen LogP contribution in [-0.2, 0) is 6.42 Å². The van der Waals surface area contributed by atoms with Crippen LogP contribution in [0.2, 0.25) is 0 Å². The molecule has 3 aliphatic carbocycles. The van der Waals surface area contributed by atoms with Crippen LogP contribution < -0.4 is 0 Å². The maximum absolute atomic E-state index is 10.6. The lowest BCUT2D eigenvalue weighted by Crippen LogP contribution is -2.51.